The SMILES string of the molecule is CCc1ccccc1NS(=O)(=O)c1ccc(CCO)cc1. The minimum Gasteiger partial charge on any atom is -0.396 e. The second-order valence-electron chi connectivity index (χ2n) is 4.73. The van der Waals surface area contributed by atoms with Gasteiger partial charge in [0.05, 0.1) is 10.6 Å². The molecule has 0 fully saturated rings. The van der Waals surface area contributed by atoms with E-state index >= 15 is 0 Å². The standard InChI is InChI=1S/C16H19NO3S/c1-2-14-5-3-4-6-16(14)17-21(19,20)15-9-7-13(8-10-15)11-12-18/h3-10,17-18H,2,11-12H2,1H3. The summed E-state index contributed by atoms with van der Waals surface area (Å²) in [5.41, 5.74) is 2.47. The quantitative estimate of drug-likeness (QED) is 0.862. The van der Waals surface area contributed by atoms with Gasteiger partial charge in [-0.15, -0.1) is 0 Å². The first-order chi connectivity index (χ1) is 10.1. The normalized spacial score (nSPS) is 11.3. The highest BCUT2D eigenvalue weighted by Gasteiger charge is 2.15. The van der Waals surface area contributed by atoms with Crippen molar-refractivity contribution in [3.8, 4) is 0 Å². The summed E-state index contributed by atoms with van der Waals surface area (Å²) in [6.07, 6.45) is 1.28. The number of rotatable bonds is 6. The smallest absolute Gasteiger partial charge is 0.261 e. The first-order valence-corrected chi connectivity index (χ1v) is 8.35. The van der Waals surface area contributed by atoms with Gasteiger partial charge < -0.3 is 5.11 Å². The number of para-hydroxylation sites is 1. The van der Waals surface area contributed by atoms with Gasteiger partial charge in [0.15, 0.2) is 0 Å². The fourth-order valence-corrected chi connectivity index (χ4v) is 3.20. The highest BCUT2D eigenvalue weighted by Crippen LogP contribution is 2.20. The molecule has 0 aliphatic carbocycles. The molecule has 0 spiro atoms. The van der Waals surface area contributed by atoms with E-state index in [0.717, 1.165) is 17.5 Å². The molecule has 2 rings (SSSR count). The molecule has 2 aromatic rings. The van der Waals surface area contributed by atoms with Crippen molar-refractivity contribution in [3.63, 3.8) is 0 Å². The van der Waals surface area contributed by atoms with Crippen LogP contribution in [-0.4, -0.2) is 20.1 Å². The zero-order chi connectivity index (χ0) is 15.3. The third kappa shape index (κ3) is 3.83. The Labute approximate surface area is 125 Å². The van der Waals surface area contributed by atoms with Crippen LogP contribution in [0.4, 0.5) is 5.69 Å². The summed E-state index contributed by atoms with van der Waals surface area (Å²) in [7, 11) is -3.59. The number of nitrogens with one attached hydrogen (secondary N) is 1. The molecule has 0 aliphatic rings. The molecule has 0 saturated carbocycles. The van der Waals surface area contributed by atoms with Crippen molar-refractivity contribution in [2.24, 2.45) is 0 Å². The molecular weight excluding hydrogens is 286 g/mol. The van der Waals surface area contributed by atoms with Crippen LogP contribution in [0.5, 0.6) is 0 Å². The Morgan fingerprint density at radius 3 is 2.33 bits per heavy atom. The Morgan fingerprint density at radius 2 is 1.71 bits per heavy atom. The fourth-order valence-electron chi connectivity index (χ4n) is 2.10. The summed E-state index contributed by atoms with van der Waals surface area (Å²) < 4.78 is 27.4. The molecule has 21 heavy (non-hydrogen) atoms. The summed E-state index contributed by atoms with van der Waals surface area (Å²) in [5, 5.41) is 8.87. The number of aliphatic hydroxyl groups is 1. The number of sulfonamides is 1. The molecule has 2 aromatic carbocycles. The van der Waals surface area contributed by atoms with Crippen molar-refractivity contribution in [2.45, 2.75) is 24.7 Å². The van der Waals surface area contributed by atoms with Crippen LogP contribution in [0.3, 0.4) is 0 Å². The molecular formula is C16H19NO3S. The van der Waals surface area contributed by atoms with Crippen LogP contribution in [0.25, 0.3) is 0 Å². The summed E-state index contributed by atoms with van der Waals surface area (Å²) >= 11 is 0. The third-order valence-electron chi connectivity index (χ3n) is 3.28. The van der Waals surface area contributed by atoms with Gasteiger partial charge in [-0.25, -0.2) is 8.42 Å². The summed E-state index contributed by atoms with van der Waals surface area (Å²) in [6.45, 7) is 2.03. The predicted octanol–water partition coefficient (Wildman–Crippen LogP) is 2.58. The third-order valence-corrected chi connectivity index (χ3v) is 4.66. The molecule has 0 amide bonds. The van der Waals surface area contributed by atoms with E-state index < -0.39 is 10.0 Å². The maximum atomic E-state index is 12.4. The largest absolute Gasteiger partial charge is 0.396 e. The molecule has 0 aliphatic heterocycles. The second kappa shape index (κ2) is 6.74. The lowest BCUT2D eigenvalue weighted by Gasteiger charge is -2.12. The maximum Gasteiger partial charge on any atom is 0.261 e. The van der Waals surface area contributed by atoms with Gasteiger partial charge in [-0.2, -0.15) is 0 Å². The van der Waals surface area contributed by atoms with Crippen molar-refractivity contribution in [2.75, 3.05) is 11.3 Å². The Morgan fingerprint density at radius 1 is 1.05 bits per heavy atom. The van der Waals surface area contributed by atoms with Gasteiger partial charge in [0.1, 0.15) is 0 Å². The van der Waals surface area contributed by atoms with Crippen molar-refractivity contribution in [1.82, 2.24) is 0 Å². The van der Waals surface area contributed by atoms with E-state index in [1.54, 1.807) is 36.4 Å². The summed E-state index contributed by atoms with van der Waals surface area (Å²) in [6, 6.07) is 13.9. The monoisotopic (exact) mass is 305 g/mol. The highest BCUT2D eigenvalue weighted by atomic mass is 32.2. The van der Waals surface area contributed by atoms with Gasteiger partial charge in [-0.3, -0.25) is 4.72 Å². The van der Waals surface area contributed by atoms with E-state index in [-0.39, 0.29) is 11.5 Å². The number of hydrogen-bond acceptors (Lipinski definition) is 3. The molecule has 0 saturated heterocycles. The van der Waals surface area contributed by atoms with Crippen LogP contribution in [0.1, 0.15) is 18.1 Å². The van der Waals surface area contributed by atoms with E-state index in [9.17, 15) is 8.42 Å². The van der Waals surface area contributed by atoms with Gasteiger partial charge in [0.25, 0.3) is 10.0 Å². The molecule has 0 heterocycles. The van der Waals surface area contributed by atoms with Crippen molar-refractivity contribution in [3.05, 3.63) is 59.7 Å². The fraction of sp³-hybridized carbons (Fsp3) is 0.250. The van der Waals surface area contributed by atoms with Crippen LogP contribution in [-0.2, 0) is 22.9 Å². The van der Waals surface area contributed by atoms with Gasteiger partial charge in [-0.05, 0) is 42.2 Å². The van der Waals surface area contributed by atoms with E-state index in [2.05, 4.69) is 4.72 Å². The Bertz CT molecular complexity index is 694. The number of aliphatic hydroxyl groups excluding tert-OH is 1. The lowest BCUT2D eigenvalue weighted by atomic mass is 10.1. The van der Waals surface area contributed by atoms with Crippen LogP contribution in [0, 0.1) is 0 Å². The van der Waals surface area contributed by atoms with Gasteiger partial charge in [-0.1, -0.05) is 37.3 Å². The Balaban J connectivity index is 2.25. The maximum absolute atomic E-state index is 12.4. The predicted molar refractivity (Wildman–Crippen MR) is 83.9 cm³/mol. The first kappa shape index (κ1) is 15.5. The Kier molecular flexibility index (Phi) is 4.98. The minimum absolute atomic E-state index is 0.0498. The molecule has 0 bridgehead atoms. The van der Waals surface area contributed by atoms with Gasteiger partial charge in [0.2, 0.25) is 0 Å². The van der Waals surface area contributed by atoms with Crippen molar-refractivity contribution in [1.29, 1.82) is 0 Å². The summed E-state index contributed by atoms with van der Waals surface area (Å²) in [4.78, 5) is 0.218. The number of aryl methyl sites for hydroxylation is 1. The molecule has 0 unspecified atom stereocenters. The Hall–Kier alpha value is -1.85. The molecule has 112 valence electrons. The molecule has 0 atom stereocenters. The highest BCUT2D eigenvalue weighted by molar-refractivity contribution is 7.92. The van der Waals surface area contributed by atoms with E-state index in [4.69, 9.17) is 5.11 Å². The van der Waals surface area contributed by atoms with Crippen LogP contribution < -0.4 is 4.72 Å². The molecule has 0 radical (unpaired) electrons. The van der Waals surface area contributed by atoms with Crippen LogP contribution in [0.2, 0.25) is 0 Å². The summed E-state index contributed by atoms with van der Waals surface area (Å²) in [5.74, 6) is 0. The second-order valence-corrected chi connectivity index (χ2v) is 6.42. The molecule has 5 heteroatoms. The number of hydrogen-bond donors (Lipinski definition) is 2. The van der Waals surface area contributed by atoms with Gasteiger partial charge in [0, 0.05) is 6.61 Å². The van der Waals surface area contributed by atoms with E-state index in [0.29, 0.717) is 12.1 Å². The molecule has 0 aromatic heterocycles. The average molecular weight is 305 g/mol. The average Bonchev–Trinajstić information content (AvgIpc) is 2.48. The first-order valence-electron chi connectivity index (χ1n) is 6.87. The topological polar surface area (TPSA) is 66.4 Å². The lowest BCUT2D eigenvalue weighted by Crippen LogP contribution is -2.14. The van der Waals surface area contributed by atoms with E-state index in [1.807, 2.05) is 19.1 Å². The van der Waals surface area contributed by atoms with Crippen LogP contribution >= 0.6 is 0 Å². The van der Waals surface area contributed by atoms with Crippen molar-refractivity contribution < 1.29 is 13.5 Å². The molecule has 2 N–H and O–H groups in total. The number of benzene rings is 2. The minimum atomic E-state index is -3.59. The van der Waals surface area contributed by atoms with Gasteiger partial charge >= 0.3 is 0 Å². The zero-order valence-corrected chi connectivity index (χ0v) is 12.7. The van der Waals surface area contributed by atoms with Crippen molar-refractivity contribution >= 4 is 15.7 Å². The number of anilines is 1. The molecule has 4 nitrogen and oxygen atoms in total. The zero-order valence-electron chi connectivity index (χ0n) is 11.9. The lowest BCUT2D eigenvalue weighted by molar-refractivity contribution is 0.299. The van der Waals surface area contributed by atoms with E-state index in [1.165, 1.54) is 0 Å². The van der Waals surface area contributed by atoms with Crippen LogP contribution in [0.15, 0.2) is 53.4 Å².